The maximum Gasteiger partial charge on any atom is 0.354 e. The Kier molecular flexibility index (Phi) is 4.55. The molecule has 2 heterocycles. The average Bonchev–Trinajstić information content (AvgIpc) is 3.06. The zero-order valence-electron chi connectivity index (χ0n) is 10.5. The number of rotatable bonds is 4. The van der Waals surface area contributed by atoms with Crippen LogP contribution >= 0.6 is 34.8 Å². The minimum atomic E-state index is -2.12. The van der Waals surface area contributed by atoms with Crippen LogP contribution in [0.25, 0.3) is 0 Å². The molecule has 0 fully saturated rings. The van der Waals surface area contributed by atoms with Gasteiger partial charge in [0.1, 0.15) is 5.69 Å². The molecule has 0 spiro atoms. The van der Waals surface area contributed by atoms with Crippen molar-refractivity contribution in [3.8, 4) is 0 Å². The van der Waals surface area contributed by atoms with Crippen molar-refractivity contribution in [2.24, 2.45) is 0 Å². The second-order valence-corrected chi connectivity index (χ2v) is 6.19. The van der Waals surface area contributed by atoms with Crippen molar-refractivity contribution in [3.05, 3.63) is 35.7 Å². The Bertz CT molecular complexity index is 661. The Morgan fingerprint density at radius 3 is 2.67 bits per heavy atom. The lowest BCUT2D eigenvalue weighted by Crippen LogP contribution is -2.18. The van der Waals surface area contributed by atoms with E-state index in [9.17, 15) is 9.59 Å². The first-order valence-corrected chi connectivity index (χ1v) is 6.61. The van der Waals surface area contributed by atoms with Gasteiger partial charge in [0.05, 0.1) is 13.7 Å². The van der Waals surface area contributed by atoms with Gasteiger partial charge >= 0.3 is 5.97 Å². The Balaban J connectivity index is 2.40. The normalized spacial score (nSPS) is 11.4. The predicted octanol–water partition coefficient (Wildman–Crippen LogP) is 2.26. The molecule has 2 aromatic rings. The van der Waals surface area contributed by atoms with Crippen molar-refractivity contribution in [3.63, 3.8) is 0 Å². The molecule has 0 saturated carbocycles. The van der Waals surface area contributed by atoms with E-state index in [0.717, 1.165) is 6.39 Å². The van der Waals surface area contributed by atoms with Crippen LogP contribution in [0.1, 0.15) is 26.7 Å². The predicted molar refractivity (Wildman–Crippen MR) is 73.8 cm³/mol. The lowest BCUT2D eigenvalue weighted by atomic mass is 10.2. The Morgan fingerprint density at radius 1 is 1.43 bits per heavy atom. The number of ketones is 1. The van der Waals surface area contributed by atoms with Gasteiger partial charge in [-0.15, -0.1) is 0 Å². The molecule has 0 aromatic carbocycles. The van der Waals surface area contributed by atoms with E-state index in [1.54, 1.807) is 0 Å². The van der Waals surface area contributed by atoms with Crippen LogP contribution in [0.4, 0.5) is 0 Å². The minimum absolute atomic E-state index is 0.0545. The summed E-state index contributed by atoms with van der Waals surface area (Å²) in [5, 5.41) is 3.62. The lowest BCUT2D eigenvalue weighted by molar-refractivity contribution is 0.0589. The molecule has 0 aliphatic rings. The zero-order valence-corrected chi connectivity index (χ0v) is 12.8. The number of Topliss-reactive ketones (excluding diaryl/α,β-unsaturated/α-hetero) is 1. The van der Waals surface area contributed by atoms with Gasteiger partial charge in [-0.05, 0) is 6.07 Å². The number of hydrogen-bond donors (Lipinski definition) is 0. The number of alkyl halides is 3. The maximum absolute atomic E-state index is 11.9. The maximum atomic E-state index is 11.9. The fraction of sp³-hybridized carbons (Fsp3) is 0.273. The van der Waals surface area contributed by atoms with Gasteiger partial charge in [0.25, 0.3) is 3.79 Å². The summed E-state index contributed by atoms with van der Waals surface area (Å²) in [6.07, 6.45) is 2.50. The molecular weight excluding hydrogens is 344 g/mol. The van der Waals surface area contributed by atoms with Crippen LogP contribution in [-0.2, 0) is 11.3 Å². The number of esters is 1. The van der Waals surface area contributed by atoms with E-state index in [2.05, 4.69) is 19.4 Å². The molecule has 2 rings (SSSR count). The summed E-state index contributed by atoms with van der Waals surface area (Å²) < 4.78 is 8.53. The molecule has 7 nitrogen and oxygen atoms in total. The highest BCUT2D eigenvalue weighted by Crippen LogP contribution is 2.31. The van der Waals surface area contributed by atoms with Crippen molar-refractivity contribution in [2.75, 3.05) is 7.11 Å². The Labute approximate surface area is 133 Å². The fourth-order valence-corrected chi connectivity index (χ4v) is 1.95. The van der Waals surface area contributed by atoms with Crippen molar-refractivity contribution in [1.82, 2.24) is 14.7 Å². The zero-order chi connectivity index (χ0) is 15.6. The average molecular weight is 353 g/mol. The first kappa shape index (κ1) is 15.8. The van der Waals surface area contributed by atoms with Gasteiger partial charge in [0.15, 0.2) is 5.82 Å². The van der Waals surface area contributed by atoms with Gasteiger partial charge in [-0.1, -0.05) is 40.0 Å². The van der Waals surface area contributed by atoms with Gasteiger partial charge in [-0.25, -0.2) is 4.79 Å². The van der Waals surface area contributed by atoms with E-state index in [-0.39, 0.29) is 17.8 Å². The Hall–Kier alpha value is -1.57. The monoisotopic (exact) mass is 351 g/mol. The standard InChI is InChI=1S/C11H8Cl3N3O4/c1-20-10(19)7-2-6(9(18)11(12,13)14)3-17(7)4-8-15-5-21-16-8/h2-3,5H,4H2,1H3. The molecule has 0 aliphatic heterocycles. The van der Waals surface area contributed by atoms with Crippen LogP contribution in [0.2, 0.25) is 0 Å². The molecule has 0 unspecified atom stereocenters. The first-order valence-electron chi connectivity index (χ1n) is 5.48. The van der Waals surface area contributed by atoms with Crippen LogP contribution < -0.4 is 0 Å². The highest BCUT2D eigenvalue weighted by Gasteiger charge is 2.33. The number of aromatic nitrogens is 3. The summed E-state index contributed by atoms with van der Waals surface area (Å²) in [4.78, 5) is 27.5. The quantitative estimate of drug-likeness (QED) is 0.476. The van der Waals surface area contributed by atoms with Crippen molar-refractivity contribution < 1.29 is 18.8 Å². The van der Waals surface area contributed by atoms with Crippen LogP contribution in [0.5, 0.6) is 0 Å². The Morgan fingerprint density at radius 2 is 2.14 bits per heavy atom. The van der Waals surface area contributed by atoms with Gasteiger partial charge in [-0.3, -0.25) is 4.79 Å². The molecule has 0 atom stereocenters. The third-order valence-corrected chi connectivity index (χ3v) is 3.04. The van der Waals surface area contributed by atoms with E-state index in [1.807, 2.05) is 0 Å². The van der Waals surface area contributed by atoms with Gasteiger partial charge in [0, 0.05) is 11.8 Å². The van der Waals surface area contributed by atoms with Crippen LogP contribution in [0, 0.1) is 0 Å². The SMILES string of the molecule is COC(=O)c1cc(C(=O)C(Cl)(Cl)Cl)cn1Cc1ncon1. The van der Waals surface area contributed by atoms with Crippen LogP contribution in [-0.4, -0.2) is 37.4 Å². The largest absolute Gasteiger partial charge is 0.464 e. The summed E-state index contributed by atoms with van der Waals surface area (Å²) in [5.74, 6) is -1.10. The van der Waals surface area contributed by atoms with Crippen molar-refractivity contribution >= 4 is 46.6 Å². The summed E-state index contributed by atoms with van der Waals surface area (Å²) in [6, 6.07) is 1.27. The number of nitrogens with zero attached hydrogens (tertiary/aromatic N) is 3. The molecule has 0 N–H and O–H groups in total. The highest BCUT2D eigenvalue weighted by molar-refractivity contribution is 6.77. The van der Waals surface area contributed by atoms with Crippen LogP contribution in [0.3, 0.4) is 0 Å². The molecule has 0 saturated heterocycles. The van der Waals surface area contributed by atoms with Crippen LogP contribution in [0.15, 0.2) is 23.2 Å². The number of carbonyl (C=O) groups is 2. The molecular formula is C11H8Cl3N3O4. The number of ether oxygens (including phenoxy) is 1. The third kappa shape index (κ3) is 3.55. The number of carbonyl (C=O) groups excluding carboxylic acids is 2. The second-order valence-electron chi connectivity index (χ2n) is 3.91. The molecule has 112 valence electrons. The molecule has 0 radical (unpaired) electrons. The summed E-state index contributed by atoms with van der Waals surface area (Å²) in [5.41, 5.74) is 0.152. The van der Waals surface area contributed by atoms with E-state index in [1.165, 1.54) is 23.9 Å². The number of hydrogen-bond acceptors (Lipinski definition) is 6. The molecule has 21 heavy (non-hydrogen) atoms. The number of halogens is 3. The summed E-state index contributed by atoms with van der Waals surface area (Å²) >= 11 is 16.7. The van der Waals surface area contributed by atoms with Gasteiger partial charge in [0.2, 0.25) is 12.2 Å². The molecule has 0 amide bonds. The van der Waals surface area contributed by atoms with E-state index >= 15 is 0 Å². The molecule has 10 heteroatoms. The van der Waals surface area contributed by atoms with Gasteiger partial charge < -0.3 is 13.8 Å². The fourth-order valence-electron chi connectivity index (χ4n) is 1.62. The second kappa shape index (κ2) is 6.05. The van der Waals surface area contributed by atoms with E-state index in [0.29, 0.717) is 5.82 Å². The minimum Gasteiger partial charge on any atom is -0.464 e. The van der Waals surface area contributed by atoms with Gasteiger partial charge in [-0.2, -0.15) is 4.98 Å². The van der Waals surface area contributed by atoms with E-state index in [4.69, 9.17) is 34.8 Å². The van der Waals surface area contributed by atoms with Crippen molar-refractivity contribution in [2.45, 2.75) is 10.3 Å². The smallest absolute Gasteiger partial charge is 0.354 e. The van der Waals surface area contributed by atoms with Crippen molar-refractivity contribution in [1.29, 1.82) is 0 Å². The van der Waals surface area contributed by atoms with E-state index < -0.39 is 15.5 Å². The first-order chi connectivity index (χ1) is 9.82. The third-order valence-electron chi connectivity index (χ3n) is 2.53. The lowest BCUT2D eigenvalue weighted by Gasteiger charge is -2.06. The molecule has 0 bridgehead atoms. The molecule has 2 aromatic heterocycles. The topological polar surface area (TPSA) is 87.2 Å². The highest BCUT2D eigenvalue weighted by atomic mass is 35.6. The summed E-state index contributed by atoms with van der Waals surface area (Å²) in [6.45, 7) is 0.0913. The number of methoxy groups -OCH3 is 1. The molecule has 0 aliphatic carbocycles. The summed E-state index contributed by atoms with van der Waals surface area (Å²) in [7, 11) is 1.21.